The molecule has 0 bridgehead atoms. The van der Waals surface area contributed by atoms with E-state index in [1.54, 1.807) is 35.7 Å². The van der Waals surface area contributed by atoms with Crippen molar-refractivity contribution in [1.82, 2.24) is 23.1 Å². The van der Waals surface area contributed by atoms with Gasteiger partial charge in [-0.3, -0.25) is 22.9 Å². The van der Waals surface area contributed by atoms with E-state index >= 15 is 0 Å². The van der Waals surface area contributed by atoms with Crippen molar-refractivity contribution in [1.29, 1.82) is 0 Å². The molecule has 2 aromatic carbocycles. The first kappa shape index (κ1) is 18.7. The van der Waals surface area contributed by atoms with E-state index in [1.807, 2.05) is 35.0 Å². The van der Waals surface area contributed by atoms with Gasteiger partial charge in [0.1, 0.15) is 0 Å². The number of hydrogen-bond donors (Lipinski definition) is 0. The summed E-state index contributed by atoms with van der Waals surface area (Å²) in [7, 11) is 3.06. The van der Waals surface area contributed by atoms with Gasteiger partial charge in [0.2, 0.25) is 5.78 Å². The second-order valence-corrected chi connectivity index (χ2v) is 7.87. The highest BCUT2D eigenvalue weighted by molar-refractivity contribution is 6.30. The van der Waals surface area contributed by atoms with Crippen molar-refractivity contribution in [2.75, 3.05) is 0 Å². The predicted molar refractivity (Wildman–Crippen MR) is 118 cm³/mol. The zero-order chi connectivity index (χ0) is 21.2. The average molecular weight is 440 g/mol. The van der Waals surface area contributed by atoms with E-state index in [9.17, 15) is 9.59 Å². The fourth-order valence-corrected chi connectivity index (χ4v) is 3.89. The third-order valence-corrected chi connectivity index (χ3v) is 5.69. The number of aryl methyl sites for hydroxylation is 1. The topological polar surface area (TPSA) is 66.2 Å². The zero-order valence-corrected chi connectivity index (χ0v) is 17.5. The molecule has 7 nitrogen and oxygen atoms in total. The summed E-state index contributed by atoms with van der Waals surface area (Å²) in [6.07, 6.45) is 1.84. The Hall–Kier alpha value is -3.29. The summed E-state index contributed by atoms with van der Waals surface area (Å²) >= 11 is 12.1. The molecule has 0 radical (unpaired) electrons. The summed E-state index contributed by atoms with van der Waals surface area (Å²) in [5.74, 6) is 0.510. The number of fused-ring (bicyclic) bond motifs is 3. The molecule has 0 spiro atoms. The molecule has 0 aliphatic carbocycles. The maximum absolute atomic E-state index is 12.9. The molecule has 0 N–H and O–H groups in total. The van der Waals surface area contributed by atoms with Crippen molar-refractivity contribution in [3.63, 3.8) is 0 Å². The highest BCUT2D eigenvalue weighted by Gasteiger charge is 2.21. The van der Waals surface area contributed by atoms with Gasteiger partial charge in [-0.2, -0.15) is 4.98 Å². The average Bonchev–Trinajstić information content (AvgIpc) is 3.28. The summed E-state index contributed by atoms with van der Waals surface area (Å²) in [5.41, 5.74) is 2.35. The lowest BCUT2D eigenvalue weighted by Gasteiger charge is -2.09. The Morgan fingerprint density at radius 2 is 1.43 bits per heavy atom. The minimum absolute atomic E-state index is 0.323. The Balaban J connectivity index is 1.95. The molecule has 5 aromatic rings. The van der Waals surface area contributed by atoms with Crippen LogP contribution in [0.2, 0.25) is 10.0 Å². The molecule has 0 saturated carbocycles. The van der Waals surface area contributed by atoms with E-state index in [0.717, 1.165) is 21.5 Å². The van der Waals surface area contributed by atoms with Gasteiger partial charge in [-0.05, 0) is 36.4 Å². The molecule has 3 aromatic heterocycles. The van der Waals surface area contributed by atoms with Gasteiger partial charge in [0.05, 0.1) is 5.69 Å². The van der Waals surface area contributed by atoms with Crippen molar-refractivity contribution < 1.29 is 0 Å². The Morgan fingerprint density at radius 1 is 0.833 bits per heavy atom. The summed E-state index contributed by atoms with van der Waals surface area (Å²) < 4.78 is 6.09. The van der Waals surface area contributed by atoms with E-state index in [-0.39, 0.29) is 0 Å². The molecule has 0 unspecified atom stereocenters. The lowest BCUT2D eigenvalue weighted by atomic mass is 10.1. The lowest BCUT2D eigenvalue weighted by Crippen LogP contribution is -2.37. The molecule has 0 amide bonds. The summed E-state index contributed by atoms with van der Waals surface area (Å²) in [5, 5.41) is 1.24. The van der Waals surface area contributed by atoms with Crippen LogP contribution in [0.5, 0.6) is 0 Å². The van der Waals surface area contributed by atoms with Crippen LogP contribution in [0.15, 0.2) is 64.3 Å². The fourth-order valence-electron chi connectivity index (χ4n) is 3.64. The number of rotatable bonds is 2. The van der Waals surface area contributed by atoms with E-state index in [4.69, 9.17) is 23.2 Å². The molecule has 3 heterocycles. The maximum atomic E-state index is 12.9. The maximum Gasteiger partial charge on any atom is 0.332 e. The summed E-state index contributed by atoms with van der Waals surface area (Å²) in [6.45, 7) is 0. The molecule has 9 heteroatoms. The van der Waals surface area contributed by atoms with E-state index in [0.29, 0.717) is 27.0 Å². The monoisotopic (exact) mass is 439 g/mol. The van der Waals surface area contributed by atoms with Crippen molar-refractivity contribution >= 4 is 40.1 Å². The third kappa shape index (κ3) is 2.63. The fraction of sp³-hybridized carbons (Fsp3) is 0.0952. The van der Waals surface area contributed by atoms with Crippen LogP contribution >= 0.6 is 23.2 Å². The molecule has 150 valence electrons. The molecule has 0 aliphatic rings. The van der Waals surface area contributed by atoms with Crippen LogP contribution in [-0.2, 0) is 14.1 Å². The van der Waals surface area contributed by atoms with E-state index < -0.39 is 11.2 Å². The second kappa shape index (κ2) is 6.62. The van der Waals surface area contributed by atoms with Crippen LogP contribution in [0.25, 0.3) is 33.9 Å². The minimum Gasteiger partial charge on any atom is -0.279 e. The lowest BCUT2D eigenvalue weighted by molar-refractivity contribution is 0.708. The van der Waals surface area contributed by atoms with Gasteiger partial charge in [0.25, 0.3) is 5.56 Å². The Kier molecular flexibility index (Phi) is 4.13. The first-order valence-corrected chi connectivity index (χ1v) is 9.84. The van der Waals surface area contributed by atoms with Crippen molar-refractivity contribution in [2.24, 2.45) is 14.1 Å². The van der Waals surface area contributed by atoms with Gasteiger partial charge in [-0.15, -0.1) is 0 Å². The van der Waals surface area contributed by atoms with Gasteiger partial charge >= 0.3 is 5.69 Å². The molecular weight excluding hydrogens is 425 g/mol. The molecule has 0 aliphatic heterocycles. The highest BCUT2D eigenvalue weighted by atomic mass is 35.5. The first-order valence-electron chi connectivity index (χ1n) is 9.08. The number of nitrogens with zero attached hydrogens (tertiary/aromatic N) is 5. The number of benzene rings is 2. The second-order valence-electron chi connectivity index (χ2n) is 6.99. The smallest absolute Gasteiger partial charge is 0.279 e. The molecular formula is C21H15Cl2N5O2. The van der Waals surface area contributed by atoms with Crippen LogP contribution in [-0.4, -0.2) is 23.1 Å². The predicted octanol–water partition coefficient (Wildman–Crippen LogP) is 3.65. The third-order valence-electron chi connectivity index (χ3n) is 5.19. The molecule has 30 heavy (non-hydrogen) atoms. The van der Waals surface area contributed by atoms with Crippen molar-refractivity contribution in [2.45, 2.75) is 0 Å². The van der Waals surface area contributed by atoms with Gasteiger partial charge in [0, 0.05) is 41.6 Å². The van der Waals surface area contributed by atoms with Crippen LogP contribution in [0.3, 0.4) is 0 Å². The molecule has 5 rings (SSSR count). The minimum atomic E-state index is -0.427. The number of imidazole rings is 2. The molecule has 0 fully saturated rings. The van der Waals surface area contributed by atoms with Crippen LogP contribution in [0, 0.1) is 0 Å². The SMILES string of the molecule is Cn1c(=O)c2c(nc3n(-c4ccc(Cl)cc4)c(-c4ccc(Cl)cc4)cn23)n(C)c1=O. The Morgan fingerprint density at radius 3 is 2.07 bits per heavy atom. The standard InChI is InChI=1S/C21H15Cl2N5O2/c1-25-18-17(19(29)26(2)21(25)30)27-11-16(12-3-5-13(22)6-4-12)28(20(27)24-18)15-9-7-14(23)8-10-15/h3-11H,1-2H3. The van der Waals surface area contributed by atoms with Crippen LogP contribution in [0.4, 0.5) is 0 Å². The molecule has 0 saturated heterocycles. The van der Waals surface area contributed by atoms with Crippen molar-refractivity contribution in [3.05, 3.63) is 85.6 Å². The van der Waals surface area contributed by atoms with Gasteiger partial charge in [0.15, 0.2) is 11.2 Å². The van der Waals surface area contributed by atoms with Crippen LogP contribution in [0.1, 0.15) is 0 Å². The number of aromatic nitrogens is 5. The first-order chi connectivity index (χ1) is 14.4. The Bertz CT molecular complexity index is 1550. The van der Waals surface area contributed by atoms with Gasteiger partial charge < -0.3 is 0 Å². The number of hydrogen-bond acceptors (Lipinski definition) is 3. The zero-order valence-electron chi connectivity index (χ0n) is 16.0. The normalized spacial score (nSPS) is 11.6. The van der Waals surface area contributed by atoms with Gasteiger partial charge in [-0.1, -0.05) is 35.3 Å². The Labute approximate surface area is 180 Å². The van der Waals surface area contributed by atoms with E-state index in [1.165, 1.54) is 11.6 Å². The largest absolute Gasteiger partial charge is 0.332 e. The van der Waals surface area contributed by atoms with Gasteiger partial charge in [-0.25, -0.2) is 4.79 Å². The summed E-state index contributed by atoms with van der Waals surface area (Å²) in [6, 6.07) is 14.7. The highest BCUT2D eigenvalue weighted by Crippen LogP contribution is 2.30. The quantitative estimate of drug-likeness (QED) is 0.421. The summed E-state index contributed by atoms with van der Waals surface area (Å²) in [4.78, 5) is 29.9. The van der Waals surface area contributed by atoms with E-state index in [2.05, 4.69) is 4.98 Å². The van der Waals surface area contributed by atoms with Crippen molar-refractivity contribution in [3.8, 4) is 16.9 Å². The van der Waals surface area contributed by atoms with Crippen LogP contribution < -0.4 is 11.2 Å². The molecule has 0 atom stereocenters. The number of halogens is 2.